The van der Waals surface area contributed by atoms with Crippen molar-refractivity contribution in [3.8, 4) is 6.07 Å². The number of amides is 1. The Balaban J connectivity index is 1.53. The number of hydrogen-bond acceptors (Lipinski definition) is 6. The fraction of sp³-hybridized carbons (Fsp3) is 0.136. The predicted octanol–water partition coefficient (Wildman–Crippen LogP) is 3.92. The van der Waals surface area contributed by atoms with Crippen LogP contribution in [-0.2, 0) is 22.7 Å². The minimum Gasteiger partial charge on any atom is -0.467 e. The van der Waals surface area contributed by atoms with E-state index in [4.69, 9.17) is 14.4 Å². The Morgan fingerprint density at radius 2 is 1.86 bits per heavy atom. The Hall–Kier alpha value is -3.50. The number of thioether (sulfide) groups is 1. The third-order valence-corrected chi connectivity index (χ3v) is 5.03. The zero-order chi connectivity index (χ0) is 20.5. The molecule has 29 heavy (non-hydrogen) atoms. The van der Waals surface area contributed by atoms with Crippen molar-refractivity contribution >= 4 is 23.6 Å². The van der Waals surface area contributed by atoms with Gasteiger partial charge in [0, 0.05) is 4.90 Å². The summed E-state index contributed by atoms with van der Waals surface area (Å²) in [5.41, 5.74) is 1.75. The van der Waals surface area contributed by atoms with Crippen LogP contribution in [0.1, 0.15) is 27.2 Å². The van der Waals surface area contributed by atoms with Crippen molar-refractivity contribution in [1.29, 1.82) is 5.26 Å². The van der Waals surface area contributed by atoms with Gasteiger partial charge in [-0.25, -0.2) is 4.79 Å². The molecule has 146 valence electrons. The monoisotopic (exact) mass is 406 g/mol. The average molecular weight is 406 g/mol. The van der Waals surface area contributed by atoms with E-state index in [0.29, 0.717) is 28.3 Å². The molecule has 0 aliphatic heterocycles. The first-order chi connectivity index (χ1) is 14.2. The summed E-state index contributed by atoms with van der Waals surface area (Å²) < 4.78 is 10.6. The Bertz CT molecular complexity index is 1010. The number of carbonyl (C=O) groups is 2. The lowest BCUT2D eigenvalue weighted by Crippen LogP contribution is -2.24. The molecule has 0 aliphatic carbocycles. The van der Waals surface area contributed by atoms with E-state index < -0.39 is 5.97 Å². The summed E-state index contributed by atoms with van der Waals surface area (Å²) in [6, 6.07) is 19.4. The van der Waals surface area contributed by atoms with Crippen molar-refractivity contribution in [3.63, 3.8) is 0 Å². The minimum atomic E-state index is -0.464. The minimum absolute atomic E-state index is 0.104. The van der Waals surface area contributed by atoms with Gasteiger partial charge >= 0.3 is 5.97 Å². The van der Waals surface area contributed by atoms with Gasteiger partial charge in [-0.15, -0.1) is 11.8 Å². The molecule has 0 radical (unpaired) electrons. The van der Waals surface area contributed by atoms with E-state index >= 15 is 0 Å². The normalized spacial score (nSPS) is 10.2. The number of rotatable bonds is 8. The molecule has 2 aromatic carbocycles. The molecule has 0 bridgehead atoms. The van der Waals surface area contributed by atoms with Crippen molar-refractivity contribution in [2.45, 2.75) is 18.0 Å². The molecule has 3 rings (SSSR count). The van der Waals surface area contributed by atoms with Crippen molar-refractivity contribution in [3.05, 3.63) is 89.4 Å². The van der Waals surface area contributed by atoms with Gasteiger partial charge in [0.2, 0.25) is 5.91 Å². The van der Waals surface area contributed by atoms with Crippen LogP contribution >= 0.6 is 11.8 Å². The van der Waals surface area contributed by atoms with Gasteiger partial charge in [-0.1, -0.05) is 24.3 Å². The number of benzene rings is 2. The number of nitrogens with one attached hydrogen (secondary N) is 1. The third-order valence-electron chi connectivity index (χ3n) is 3.96. The molecule has 0 saturated carbocycles. The number of ether oxygens (including phenoxy) is 1. The van der Waals surface area contributed by atoms with Gasteiger partial charge in [0.1, 0.15) is 12.4 Å². The van der Waals surface area contributed by atoms with Crippen LogP contribution in [0, 0.1) is 11.3 Å². The quantitative estimate of drug-likeness (QED) is 0.450. The summed E-state index contributed by atoms with van der Waals surface area (Å²) in [6.07, 6.45) is 1.55. The first kappa shape index (κ1) is 20.2. The Labute approximate surface area is 172 Å². The summed E-state index contributed by atoms with van der Waals surface area (Å²) in [5.74, 6) is 0.219. The van der Waals surface area contributed by atoms with Crippen LogP contribution in [0.4, 0.5) is 0 Å². The van der Waals surface area contributed by atoms with Gasteiger partial charge in [-0.2, -0.15) is 5.26 Å². The zero-order valence-corrected chi connectivity index (χ0v) is 16.3. The van der Waals surface area contributed by atoms with E-state index in [1.165, 1.54) is 11.8 Å². The second-order valence-corrected chi connectivity index (χ2v) is 7.04. The van der Waals surface area contributed by atoms with Crippen molar-refractivity contribution < 1.29 is 18.7 Å². The average Bonchev–Trinajstić information content (AvgIpc) is 3.29. The number of hydrogen-bond donors (Lipinski definition) is 1. The van der Waals surface area contributed by atoms with Crippen molar-refractivity contribution in [1.82, 2.24) is 5.32 Å². The molecule has 0 unspecified atom stereocenters. The number of nitrogens with zero attached hydrogens (tertiary/aromatic N) is 1. The van der Waals surface area contributed by atoms with Gasteiger partial charge in [-0.3, -0.25) is 4.79 Å². The van der Waals surface area contributed by atoms with Crippen molar-refractivity contribution in [2.75, 3.05) is 5.75 Å². The predicted molar refractivity (Wildman–Crippen MR) is 108 cm³/mol. The topological polar surface area (TPSA) is 92.3 Å². The maximum absolute atomic E-state index is 12.5. The number of furan rings is 1. The molecule has 0 spiro atoms. The molecule has 0 atom stereocenters. The van der Waals surface area contributed by atoms with E-state index in [9.17, 15) is 9.59 Å². The van der Waals surface area contributed by atoms with E-state index in [2.05, 4.69) is 5.32 Å². The molecule has 6 nitrogen and oxygen atoms in total. The summed E-state index contributed by atoms with van der Waals surface area (Å²) in [7, 11) is 0. The zero-order valence-electron chi connectivity index (χ0n) is 15.5. The van der Waals surface area contributed by atoms with E-state index in [1.54, 1.807) is 66.9 Å². The SMILES string of the molecule is N#Cc1ccc(COC(=O)c2ccccc2SCC(=O)NCc2ccco2)cc1. The molecule has 1 amide bonds. The smallest absolute Gasteiger partial charge is 0.339 e. The molecular weight excluding hydrogens is 388 g/mol. The molecular formula is C22H18N2O4S. The number of nitriles is 1. The first-order valence-corrected chi connectivity index (χ1v) is 9.81. The van der Waals surface area contributed by atoms with Gasteiger partial charge in [0.05, 0.1) is 35.8 Å². The molecule has 0 saturated heterocycles. The molecule has 1 heterocycles. The number of carbonyl (C=O) groups excluding carboxylic acids is 2. The van der Waals surface area contributed by atoms with Gasteiger partial charge in [-0.05, 0) is 42.0 Å². The Morgan fingerprint density at radius 3 is 2.59 bits per heavy atom. The van der Waals surface area contributed by atoms with Crippen LogP contribution < -0.4 is 5.32 Å². The Morgan fingerprint density at radius 1 is 1.07 bits per heavy atom. The van der Waals surface area contributed by atoms with Crippen LogP contribution in [0.3, 0.4) is 0 Å². The van der Waals surface area contributed by atoms with E-state index in [1.807, 2.05) is 6.07 Å². The lowest BCUT2D eigenvalue weighted by atomic mass is 10.1. The lowest BCUT2D eigenvalue weighted by Gasteiger charge is -2.10. The van der Waals surface area contributed by atoms with E-state index in [-0.39, 0.29) is 18.3 Å². The first-order valence-electron chi connectivity index (χ1n) is 8.83. The molecule has 3 aromatic rings. The number of esters is 1. The van der Waals surface area contributed by atoms with Crippen LogP contribution in [0.25, 0.3) is 0 Å². The second-order valence-electron chi connectivity index (χ2n) is 6.03. The lowest BCUT2D eigenvalue weighted by molar-refractivity contribution is -0.118. The highest BCUT2D eigenvalue weighted by Gasteiger charge is 2.14. The summed E-state index contributed by atoms with van der Waals surface area (Å²) >= 11 is 1.27. The maximum atomic E-state index is 12.5. The van der Waals surface area contributed by atoms with Crippen LogP contribution in [-0.4, -0.2) is 17.6 Å². The molecule has 7 heteroatoms. The standard InChI is InChI=1S/C22H18N2O4S/c23-12-16-7-9-17(10-8-16)14-28-22(26)19-5-1-2-6-20(19)29-15-21(25)24-13-18-4-3-11-27-18/h1-11H,13-15H2,(H,24,25). The summed E-state index contributed by atoms with van der Waals surface area (Å²) in [6.45, 7) is 0.424. The summed E-state index contributed by atoms with van der Waals surface area (Å²) in [5, 5.41) is 11.6. The van der Waals surface area contributed by atoms with Gasteiger partial charge in [0.25, 0.3) is 0 Å². The van der Waals surface area contributed by atoms with Crippen LogP contribution in [0.5, 0.6) is 0 Å². The van der Waals surface area contributed by atoms with E-state index in [0.717, 1.165) is 5.56 Å². The fourth-order valence-electron chi connectivity index (χ4n) is 2.46. The molecule has 1 aromatic heterocycles. The fourth-order valence-corrected chi connectivity index (χ4v) is 3.33. The highest BCUT2D eigenvalue weighted by atomic mass is 32.2. The third kappa shape index (κ3) is 5.99. The van der Waals surface area contributed by atoms with Crippen LogP contribution in [0.2, 0.25) is 0 Å². The Kier molecular flexibility index (Phi) is 7.09. The molecule has 1 N–H and O–H groups in total. The second kappa shape index (κ2) is 10.2. The van der Waals surface area contributed by atoms with Gasteiger partial charge in [0.15, 0.2) is 0 Å². The highest BCUT2D eigenvalue weighted by Crippen LogP contribution is 2.23. The maximum Gasteiger partial charge on any atom is 0.339 e. The largest absolute Gasteiger partial charge is 0.467 e. The van der Waals surface area contributed by atoms with Gasteiger partial charge < -0.3 is 14.5 Å². The van der Waals surface area contributed by atoms with Crippen molar-refractivity contribution in [2.24, 2.45) is 0 Å². The highest BCUT2D eigenvalue weighted by molar-refractivity contribution is 8.00. The molecule has 0 fully saturated rings. The van der Waals surface area contributed by atoms with Crippen LogP contribution in [0.15, 0.2) is 76.2 Å². The molecule has 0 aliphatic rings. The summed E-state index contributed by atoms with van der Waals surface area (Å²) in [4.78, 5) is 25.2.